The minimum Gasteiger partial charge on any atom is -0.487 e. The molecule has 2 aliphatic heterocycles. The Hall–Kier alpha value is -2.86. The minimum atomic E-state index is -0.669. The van der Waals surface area contributed by atoms with Crippen LogP contribution in [0, 0.1) is 0 Å². The third kappa shape index (κ3) is 3.98. The molecule has 2 atom stereocenters. The van der Waals surface area contributed by atoms with Gasteiger partial charge < -0.3 is 20.7 Å². The van der Waals surface area contributed by atoms with Gasteiger partial charge in [0.25, 0.3) is 0 Å². The van der Waals surface area contributed by atoms with Crippen LogP contribution in [0.25, 0.3) is 0 Å². The molecule has 1 fully saturated rings. The summed E-state index contributed by atoms with van der Waals surface area (Å²) in [5.74, 6) is 0.548. The molecular weight excluding hydrogens is 366 g/mol. The topological polar surface area (TPSA) is 84.7 Å². The molecule has 0 aliphatic carbocycles. The van der Waals surface area contributed by atoms with Gasteiger partial charge in [-0.15, -0.1) is 0 Å². The SMILES string of the molecule is CC(=O)NC(C(=O)N1CCC2(CC1)CC(N)c1ccccc1O2)c1ccccc1. The Morgan fingerprint density at radius 3 is 2.45 bits per heavy atom. The first-order valence-electron chi connectivity index (χ1n) is 10.1. The summed E-state index contributed by atoms with van der Waals surface area (Å²) in [6, 6.07) is 16.6. The molecule has 4 rings (SSSR count). The molecule has 0 saturated carbocycles. The monoisotopic (exact) mass is 393 g/mol. The summed E-state index contributed by atoms with van der Waals surface area (Å²) < 4.78 is 6.38. The first-order valence-corrected chi connectivity index (χ1v) is 10.1. The normalized spacial score (nSPS) is 21.0. The minimum absolute atomic E-state index is 0.0568. The highest BCUT2D eigenvalue weighted by Gasteiger charge is 2.43. The molecule has 6 nitrogen and oxygen atoms in total. The van der Waals surface area contributed by atoms with Crippen LogP contribution in [0.1, 0.15) is 49.4 Å². The number of nitrogens with zero attached hydrogens (tertiary/aromatic N) is 1. The fraction of sp³-hybridized carbons (Fsp3) is 0.391. The van der Waals surface area contributed by atoms with Crippen LogP contribution in [0.5, 0.6) is 5.75 Å². The Morgan fingerprint density at radius 1 is 1.10 bits per heavy atom. The molecule has 0 aromatic heterocycles. The van der Waals surface area contributed by atoms with Crippen LogP contribution in [-0.2, 0) is 9.59 Å². The second kappa shape index (κ2) is 7.87. The Kier molecular flexibility index (Phi) is 5.28. The summed E-state index contributed by atoms with van der Waals surface area (Å²) in [4.78, 5) is 26.7. The van der Waals surface area contributed by atoms with E-state index in [4.69, 9.17) is 10.5 Å². The van der Waals surface area contributed by atoms with Gasteiger partial charge in [0.05, 0.1) is 0 Å². The second-order valence-corrected chi connectivity index (χ2v) is 8.00. The van der Waals surface area contributed by atoms with Gasteiger partial charge in [-0.25, -0.2) is 0 Å². The molecule has 29 heavy (non-hydrogen) atoms. The fourth-order valence-electron chi connectivity index (χ4n) is 4.43. The van der Waals surface area contributed by atoms with Gasteiger partial charge in [-0.2, -0.15) is 0 Å². The number of ether oxygens (including phenoxy) is 1. The van der Waals surface area contributed by atoms with E-state index in [0.29, 0.717) is 13.1 Å². The van der Waals surface area contributed by atoms with E-state index >= 15 is 0 Å². The predicted octanol–water partition coefficient (Wildman–Crippen LogP) is 2.71. The van der Waals surface area contributed by atoms with Crippen LogP contribution in [-0.4, -0.2) is 35.4 Å². The first kappa shape index (κ1) is 19.5. The number of piperidine rings is 1. The summed E-state index contributed by atoms with van der Waals surface area (Å²) in [6.45, 7) is 2.59. The smallest absolute Gasteiger partial charge is 0.249 e. The predicted molar refractivity (Wildman–Crippen MR) is 110 cm³/mol. The molecule has 6 heteroatoms. The maximum Gasteiger partial charge on any atom is 0.249 e. The van der Waals surface area contributed by atoms with Gasteiger partial charge in [0, 0.05) is 50.9 Å². The van der Waals surface area contributed by atoms with Crippen molar-refractivity contribution in [2.75, 3.05) is 13.1 Å². The maximum atomic E-state index is 13.2. The highest BCUT2D eigenvalue weighted by molar-refractivity contribution is 5.88. The Labute approximate surface area is 171 Å². The lowest BCUT2D eigenvalue weighted by Gasteiger charge is -2.46. The molecule has 152 valence electrons. The van der Waals surface area contributed by atoms with E-state index < -0.39 is 6.04 Å². The number of fused-ring (bicyclic) bond motifs is 1. The number of hydrogen-bond donors (Lipinski definition) is 2. The Bertz CT molecular complexity index is 891. The molecule has 2 amide bonds. The molecule has 1 saturated heterocycles. The molecule has 2 aromatic carbocycles. The average molecular weight is 393 g/mol. The summed E-state index contributed by atoms with van der Waals surface area (Å²) in [7, 11) is 0. The van der Waals surface area contributed by atoms with E-state index in [1.807, 2.05) is 59.5 Å². The van der Waals surface area contributed by atoms with Gasteiger partial charge in [0.15, 0.2) is 0 Å². The highest BCUT2D eigenvalue weighted by Crippen LogP contribution is 2.43. The largest absolute Gasteiger partial charge is 0.487 e. The van der Waals surface area contributed by atoms with Crippen molar-refractivity contribution in [1.82, 2.24) is 10.2 Å². The van der Waals surface area contributed by atoms with Gasteiger partial charge in [-0.1, -0.05) is 48.5 Å². The average Bonchev–Trinajstić information content (AvgIpc) is 2.72. The lowest BCUT2D eigenvalue weighted by molar-refractivity contribution is -0.140. The number of amides is 2. The lowest BCUT2D eigenvalue weighted by atomic mass is 9.80. The van der Waals surface area contributed by atoms with Crippen LogP contribution < -0.4 is 15.8 Å². The molecule has 2 aromatic rings. The van der Waals surface area contributed by atoms with E-state index in [1.165, 1.54) is 6.92 Å². The molecule has 1 spiro atoms. The molecule has 3 N–H and O–H groups in total. The van der Waals surface area contributed by atoms with Gasteiger partial charge in [-0.3, -0.25) is 9.59 Å². The van der Waals surface area contributed by atoms with Crippen LogP contribution >= 0.6 is 0 Å². The molecule has 2 heterocycles. The third-order valence-electron chi connectivity index (χ3n) is 5.95. The zero-order valence-corrected chi connectivity index (χ0v) is 16.6. The molecular formula is C23H27N3O3. The van der Waals surface area contributed by atoms with Gasteiger partial charge in [-0.05, 0) is 11.6 Å². The van der Waals surface area contributed by atoms with E-state index in [2.05, 4.69) is 5.32 Å². The van der Waals surface area contributed by atoms with Crippen molar-refractivity contribution in [2.45, 2.75) is 43.9 Å². The number of para-hydroxylation sites is 1. The van der Waals surface area contributed by atoms with Crippen molar-refractivity contribution < 1.29 is 14.3 Å². The molecule has 0 radical (unpaired) electrons. The summed E-state index contributed by atoms with van der Waals surface area (Å²) in [5.41, 5.74) is 7.92. The van der Waals surface area contributed by atoms with E-state index in [1.54, 1.807) is 0 Å². The number of likely N-dealkylation sites (tertiary alicyclic amines) is 1. The fourth-order valence-corrected chi connectivity index (χ4v) is 4.43. The Morgan fingerprint density at radius 2 is 1.76 bits per heavy atom. The van der Waals surface area contributed by atoms with E-state index in [0.717, 1.165) is 36.1 Å². The van der Waals surface area contributed by atoms with Crippen molar-refractivity contribution in [3.63, 3.8) is 0 Å². The second-order valence-electron chi connectivity index (χ2n) is 8.00. The summed E-state index contributed by atoms with van der Waals surface area (Å²) >= 11 is 0. The van der Waals surface area contributed by atoms with Gasteiger partial charge in [0.1, 0.15) is 17.4 Å². The number of rotatable bonds is 3. The maximum absolute atomic E-state index is 13.2. The highest BCUT2D eigenvalue weighted by atomic mass is 16.5. The third-order valence-corrected chi connectivity index (χ3v) is 5.95. The van der Waals surface area contributed by atoms with Crippen molar-refractivity contribution in [1.29, 1.82) is 0 Å². The van der Waals surface area contributed by atoms with Crippen LogP contribution in [0.15, 0.2) is 54.6 Å². The zero-order chi connectivity index (χ0) is 20.4. The quantitative estimate of drug-likeness (QED) is 0.840. The lowest BCUT2D eigenvalue weighted by Crippen LogP contribution is -2.54. The van der Waals surface area contributed by atoms with Gasteiger partial charge in [0.2, 0.25) is 11.8 Å². The van der Waals surface area contributed by atoms with E-state index in [-0.39, 0.29) is 23.5 Å². The molecule has 2 aliphatic rings. The van der Waals surface area contributed by atoms with Crippen LogP contribution in [0.4, 0.5) is 0 Å². The Balaban J connectivity index is 1.47. The van der Waals surface area contributed by atoms with Crippen molar-refractivity contribution >= 4 is 11.8 Å². The van der Waals surface area contributed by atoms with Crippen molar-refractivity contribution in [3.05, 3.63) is 65.7 Å². The van der Waals surface area contributed by atoms with Gasteiger partial charge >= 0.3 is 0 Å². The standard InChI is InChI=1S/C23H27N3O3/c1-16(27)25-21(17-7-3-2-4-8-17)22(28)26-13-11-23(12-14-26)15-19(24)18-9-5-6-10-20(18)29-23/h2-10,19,21H,11-15,24H2,1H3,(H,25,27). The summed E-state index contributed by atoms with van der Waals surface area (Å²) in [6.07, 6.45) is 2.20. The number of hydrogen-bond acceptors (Lipinski definition) is 4. The number of benzene rings is 2. The number of nitrogens with one attached hydrogen (secondary N) is 1. The van der Waals surface area contributed by atoms with Crippen molar-refractivity contribution in [3.8, 4) is 5.75 Å². The first-order chi connectivity index (χ1) is 14.0. The van der Waals surface area contributed by atoms with Crippen molar-refractivity contribution in [2.24, 2.45) is 5.73 Å². The number of carbonyl (C=O) groups excluding carboxylic acids is 2. The summed E-state index contributed by atoms with van der Waals surface area (Å²) in [5, 5.41) is 2.80. The van der Waals surface area contributed by atoms with Crippen LogP contribution in [0.3, 0.4) is 0 Å². The number of nitrogens with two attached hydrogens (primary N) is 1. The molecule has 2 unspecified atom stereocenters. The van der Waals surface area contributed by atoms with Crippen LogP contribution in [0.2, 0.25) is 0 Å². The number of carbonyl (C=O) groups is 2. The molecule has 0 bridgehead atoms. The van der Waals surface area contributed by atoms with E-state index in [9.17, 15) is 9.59 Å². The zero-order valence-electron chi connectivity index (χ0n) is 16.6.